The third kappa shape index (κ3) is 4.16. The van der Waals surface area contributed by atoms with E-state index < -0.39 is 6.03 Å². The van der Waals surface area contributed by atoms with Crippen LogP contribution in [-0.4, -0.2) is 25.3 Å². The van der Waals surface area contributed by atoms with E-state index in [0.29, 0.717) is 23.7 Å². The largest absolute Gasteiger partial charge is 0.454 e. The number of amides is 3. The van der Waals surface area contributed by atoms with Crippen molar-refractivity contribution in [1.29, 1.82) is 0 Å². The maximum atomic E-state index is 11.8. The standard InChI is InChI=1S/C17H17N3O4/c21-16(10-19-17(22)20-13-4-2-1-3-5-13)18-9-12-6-7-14-15(8-12)24-11-23-14/h1-8H,9-11H2,(H,18,21)(H2,19,20,22). The summed E-state index contributed by atoms with van der Waals surface area (Å²) < 4.78 is 10.5. The van der Waals surface area contributed by atoms with Crippen molar-refractivity contribution in [2.24, 2.45) is 0 Å². The van der Waals surface area contributed by atoms with E-state index in [9.17, 15) is 9.59 Å². The van der Waals surface area contributed by atoms with Gasteiger partial charge in [-0.25, -0.2) is 4.79 Å². The van der Waals surface area contributed by atoms with Gasteiger partial charge in [-0.05, 0) is 29.8 Å². The van der Waals surface area contributed by atoms with E-state index in [1.54, 1.807) is 18.2 Å². The molecule has 1 aliphatic rings. The molecule has 0 spiro atoms. The van der Waals surface area contributed by atoms with Crippen LogP contribution in [0.5, 0.6) is 11.5 Å². The number of rotatable bonds is 5. The Balaban J connectivity index is 1.40. The molecule has 124 valence electrons. The summed E-state index contributed by atoms with van der Waals surface area (Å²) in [5.74, 6) is 1.09. The molecule has 0 radical (unpaired) electrons. The molecule has 3 N–H and O–H groups in total. The van der Waals surface area contributed by atoms with Gasteiger partial charge in [0.2, 0.25) is 12.7 Å². The van der Waals surface area contributed by atoms with Crippen molar-refractivity contribution in [3.05, 3.63) is 54.1 Å². The van der Waals surface area contributed by atoms with Crippen molar-refractivity contribution >= 4 is 17.6 Å². The van der Waals surface area contributed by atoms with Gasteiger partial charge in [0.15, 0.2) is 11.5 Å². The molecule has 0 fully saturated rings. The molecule has 7 nitrogen and oxygen atoms in total. The zero-order chi connectivity index (χ0) is 16.8. The van der Waals surface area contributed by atoms with E-state index in [2.05, 4.69) is 16.0 Å². The Morgan fingerprint density at radius 2 is 1.75 bits per heavy atom. The Kier molecular flexibility index (Phi) is 4.81. The van der Waals surface area contributed by atoms with E-state index in [-0.39, 0.29) is 19.2 Å². The summed E-state index contributed by atoms with van der Waals surface area (Å²) in [4.78, 5) is 23.5. The lowest BCUT2D eigenvalue weighted by Gasteiger charge is -2.09. The molecule has 3 rings (SSSR count). The van der Waals surface area contributed by atoms with Crippen molar-refractivity contribution in [3.63, 3.8) is 0 Å². The highest BCUT2D eigenvalue weighted by Crippen LogP contribution is 2.32. The van der Waals surface area contributed by atoms with Gasteiger partial charge in [0, 0.05) is 12.2 Å². The second-order valence-corrected chi connectivity index (χ2v) is 5.14. The average molecular weight is 327 g/mol. The topological polar surface area (TPSA) is 88.7 Å². The van der Waals surface area contributed by atoms with Crippen molar-refractivity contribution < 1.29 is 19.1 Å². The molecule has 3 amide bonds. The fourth-order valence-corrected chi connectivity index (χ4v) is 2.17. The second-order valence-electron chi connectivity index (χ2n) is 5.14. The number of benzene rings is 2. The first-order chi connectivity index (χ1) is 11.7. The first-order valence-corrected chi connectivity index (χ1v) is 7.46. The fraction of sp³-hybridized carbons (Fsp3) is 0.176. The number of hydrogen-bond acceptors (Lipinski definition) is 4. The van der Waals surface area contributed by atoms with Crippen LogP contribution in [0.3, 0.4) is 0 Å². The summed E-state index contributed by atoms with van der Waals surface area (Å²) in [6.45, 7) is 0.451. The molecule has 24 heavy (non-hydrogen) atoms. The number of anilines is 1. The van der Waals surface area contributed by atoms with Gasteiger partial charge in [-0.3, -0.25) is 4.79 Å². The first kappa shape index (κ1) is 15.7. The summed E-state index contributed by atoms with van der Waals surface area (Å²) in [6.07, 6.45) is 0. The summed E-state index contributed by atoms with van der Waals surface area (Å²) in [5.41, 5.74) is 1.55. The molecule has 0 aromatic heterocycles. The molecular weight excluding hydrogens is 310 g/mol. The number of carbonyl (C=O) groups is 2. The summed E-state index contributed by atoms with van der Waals surface area (Å²) in [5, 5.41) is 7.87. The summed E-state index contributed by atoms with van der Waals surface area (Å²) in [6, 6.07) is 14.0. The number of hydrogen-bond donors (Lipinski definition) is 3. The minimum absolute atomic E-state index is 0.108. The van der Waals surface area contributed by atoms with Gasteiger partial charge in [-0.1, -0.05) is 24.3 Å². The minimum atomic E-state index is -0.431. The molecule has 7 heteroatoms. The van der Waals surface area contributed by atoms with Gasteiger partial charge in [0.25, 0.3) is 0 Å². The van der Waals surface area contributed by atoms with E-state index in [0.717, 1.165) is 5.56 Å². The fourth-order valence-electron chi connectivity index (χ4n) is 2.17. The van der Waals surface area contributed by atoms with Gasteiger partial charge in [0.05, 0.1) is 6.54 Å². The molecule has 0 atom stereocenters. The van der Waals surface area contributed by atoms with Gasteiger partial charge >= 0.3 is 6.03 Å². The Labute approximate surface area is 139 Å². The van der Waals surface area contributed by atoms with Crippen LogP contribution in [0.2, 0.25) is 0 Å². The molecular formula is C17H17N3O4. The maximum Gasteiger partial charge on any atom is 0.319 e. The van der Waals surface area contributed by atoms with Gasteiger partial charge < -0.3 is 25.4 Å². The number of urea groups is 1. The van der Waals surface area contributed by atoms with Crippen molar-refractivity contribution in [2.75, 3.05) is 18.7 Å². The molecule has 0 saturated heterocycles. The Hall–Kier alpha value is -3.22. The van der Waals surface area contributed by atoms with Crippen molar-refractivity contribution in [2.45, 2.75) is 6.54 Å². The highest BCUT2D eigenvalue weighted by Gasteiger charge is 2.13. The highest BCUT2D eigenvalue weighted by molar-refractivity contribution is 5.92. The van der Waals surface area contributed by atoms with Crippen LogP contribution in [0.25, 0.3) is 0 Å². The number of ether oxygens (including phenoxy) is 2. The van der Waals surface area contributed by atoms with Crippen molar-refractivity contribution in [3.8, 4) is 11.5 Å². The molecule has 0 bridgehead atoms. The van der Waals surface area contributed by atoms with Crippen LogP contribution in [0.4, 0.5) is 10.5 Å². The van der Waals surface area contributed by atoms with E-state index in [4.69, 9.17) is 9.47 Å². The Morgan fingerprint density at radius 3 is 2.58 bits per heavy atom. The monoisotopic (exact) mass is 327 g/mol. The quantitative estimate of drug-likeness (QED) is 0.782. The third-order valence-electron chi connectivity index (χ3n) is 3.37. The van der Waals surface area contributed by atoms with Crippen LogP contribution in [0.15, 0.2) is 48.5 Å². The second kappa shape index (κ2) is 7.36. The molecule has 1 heterocycles. The highest BCUT2D eigenvalue weighted by atomic mass is 16.7. The van der Waals surface area contributed by atoms with Gasteiger partial charge in [-0.2, -0.15) is 0 Å². The van der Waals surface area contributed by atoms with Crippen molar-refractivity contribution in [1.82, 2.24) is 10.6 Å². The lowest BCUT2D eigenvalue weighted by molar-refractivity contribution is -0.120. The molecule has 0 saturated carbocycles. The number of nitrogens with one attached hydrogen (secondary N) is 3. The molecule has 2 aromatic rings. The zero-order valence-corrected chi connectivity index (χ0v) is 12.9. The zero-order valence-electron chi connectivity index (χ0n) is 12.9. The smallest absolute Gasteiger partial charge is 0.319 e. The third-order valence-corrected chi connectivity index (χ3v) is 3.37. The minimum Gasteiger partial charge on any atom is -0.454 e. The summed E-state index contributed by atoms with van der Waals surface area (Å²) >= 11 is 0. The molecule has 2 aromatic carbocycles. The number of carbonyl (C=O) groups excluding carboxylic acids is 2. The maximum absolute atomic E-state index is 11.8. The lowest BCUT2D eigenvalue weighted by Crippen LogP contribution is -2.38. The SMILES string of the molecule is O=C(CNC(=O)Nc1ccccc1)NCc1ccc2c(c1)OCO2. The lowest BCUT2D eigenvalue weighted by atomic mass is 10.2. The van der Waals surface area contributed by atoms with Crippen LogP contribution in [-0.2, 0) is 11.3 Å². The van der Waals surface area contributed by atoms with E-state index in [1.165, 1.54) is 0 Å². The Bertz CT molecular complexity index is 734. The van der Waals surface area contributed by atoms with Crippen LogP contribution < -0.4 is 25.4 Å². The predicted octanol–water partition coefficient (Wildman–Crippen LogP) is 1.85. The van der Waals surface area contributed by atoms with Crippen LogP contribution >= 0.6 is 0 Å². The van der Waals surface area contributed by atoms with Crippen LogP contribution in [0, 0.1) is 0 Å². The van der Waals surface area contributed by atoms with Gasteiger partial charge in [-0.15, -0.1) is 0 Å². The molecule has 0 aliphatic carbocycles. The molecule has 0 unspecified atom stereocenters. The number of fused-ring (bicyclic) bond motifs is 1. The normalized spacial score (nSPS) is 11.7. The predicted molar refractivity (Wildman–Crippen MR) is 87.9 cm³/mol. The Morgan fingerprint density at radius 1 is 0.958 bits per heavy atom. The molecule has 1 aliphatic heterocycles. The summed E-state index contributed by atoms with van der Waals surface area (Å²) in [7, 11) is 0. The average Bonchev–Trinajstić information content (AvgIpc) is 3.07. The van der Waals surface area contributed by atoms with E-state index >= 15 is 0 Å². The van der Waals surface area contributed by atoms with Crippen LogP contribution in [0.1, 0.15) is 5.56 Å². The van der Waals surface area contributed by atoms with E-state index in [1.807, 2.05) is 30.3 Å². The van der Waals surface area contributed by atoms with Gasteiger partial charge in [0.1, 0.15) is 0 Å². The number of para-hydroxylation sites is 1. The first-order valence-electron chi connectivity index (χ1n) is 7.46.